The van der Waals surface area contributed by atoms with Crippen molar-refractivity contribution >= 4 is 22.6 Å². The largest absolute Gasteiger partial charge is 0.478 e. The maximum absolute atomic E-state index is 12.6. The number of nitrogens with zero attached hydrogens (tertiary/aromatic N) is 3. The van der Waals surface area contributed by atoms with Gasteiger partial charge in [0.05, 0.1) is 17.8 Å². The van der Waals surface area contributed by atoms with E-state index in [0.717, 1.165) is 25.7 Å². The van der Waals surface area contributed by atoms with Gasteiger partial charge >= 0.3 is 5.97 Å². The van der Waals surface area contributed by atoms with Gasteiger partial charge in [-0.3, -0.25) is 9.48 Å². The molecule has 3 aromatic rings. The van der Waals surface area contributed by atoms with Crippen molar-refractivity contribution in [1.82, 2.24) is 14.7 Å². The molecule has 2 aromatic carbocycles. The van der Waals surface area contributed by atoms with Crippen LogP contribution in [-0.4, -0.2) is 44.8 Å². The molecule has 0 spiro atoms. The Morgan fingerprint density at radius 3 is 2.55 bits per heavy atom. The van der Waals surface area contributed by atoms with Crippen molar-refractivity contribution in [2.75, 3.05) is 13.1 Å². The van der Waals surface area contributed by atoms with Crippen LogP contribution in [-0.2, 0) is 11.2 Å². The van der Waals surface area contributed by atoms with Gasteiger partial charge in [0.2, 0.25) is 5.91 Å². The number of carboxylic acid groups (broad SMARTS) is 1. The lowest BCUT2D eigenvalue weighted by Gasteiger charge is -2.32. The van der Waals surface area contributed by atoms with E-state index in [0.29, 0.717) is 19.5 Å². The first-order valence-electron chi connectivity index (χ1n) is 10.1. The molecule has 29 heavy (non-hydrogen) atoms. The van der Waals surface area contributed by atoms with Crippen molar-refractivity contribution in [1.29, 1.82) is 0 Å². The number of aryl methyl sites for hydroxylation is 1. The number of rotatable bonds is 6. The predicted molar refractivity (Wildman–Crippen MR) is 111 cm³/mol. The molecule has 1 fully saturated rings. The second-order valence-electron chi connectivity index (χ2n) is 7.66. The number of fused-ring (bicyclic) bond motifs is 1. The van der Waals surface area contributed by atoms with E-state index in [1.165, 1.54) is 22.5 Å². The number of carbonyl (C=O) groups excluding carboxylic acids is 1. The fraction of sp³-hybridized carbons (Fsp3) is 0.348. The highest BCUT2D eigenvalue weighted by molar-refractivity contribution is 5.86. The molecule has 1 aromatic heterocycles. The quantitative estimate of drug-likeness (QED) is 0.691. The third-order valence-electron chi connectivity index (χ3n) is 5.71. The van der Waals surface area contributed by atoms with Gasteiger partial charge in [-0.1, -0.05) is 42.5 Å². The highest BCUT2D eigenvalue weighted by Crippen LogP contribution is 2.23. The normalized spacial score (nSPS) is 15.0. The highest BCUT2D eigenvalue weighted by Gasteiger charge is 2.24. The van der Waals surface area contributed by atoms with E-state index < -0.39 is 5.97 Å². The molecule has 1 aliphatic rings. The molecule has 0 unspecified atom stereocenters. The smallest absolute Gasteiger partial charge is 0.338 e. The molecule has 0 aliphatic carbocycles. The van der Waals surface area contributed by atoms with Crippen LogP contribution in [0.15, 0.2) is 54.9 Å². The Bertz CT molecular complexity index is 1020. The predicted octanol–water partition coefficient (Wildman–Crippen LogP) is 3.92. The van der Waals surface area contributed by atoms with Crippen molar-refractivity contribution in [3.05, 3.63) is 66.0 Å². The molecule has 2 heterocycles. The molecule has 0 radical (unpaired) electrons. The molecule has 0 atom stereocenters. The van der Waals surface area contributed by atoms with Gasteiger partial charge in [-0.15, -0.1) is 0 Å². The summed E-state index contributed by atoms with van der Waals surface area (Å²) in [5.41, 5.74) is 1.47. The molecule has 1 aliphatic heterocycles. The zero-order valence-corrected chi connectivity index (χ0v) is 16.3. The first-order chi connectivity index (χ1) is 14.1. The molecule has 6 nitrogen and oxygen atoms in total. The molecule has 1 saturated heterocycles. The summed E-state index contributed by atoms with van der Waals surface area (Å²) in [6.07, 6.45) is 6.87. The molecule has 150 valence electrons. The Labute approximate surface area is 169 Å². The summed E-state index contributed by atoms with van der Waals surface area (Å²) < 4.78 is 1.73. The average molecular weight is 391 g/mol. The lowest BCUT2D eigenvalue weighted by Crippen LogP contribution is -2.39. The molecule has 1 amide bonds. The Morgan fingerprint density at radius 2 is 1.83 bits per heavy atom. The van der Waals surface area contributed by atoms with Gasteiger partial charge < -0.3 is 10.0 Å². The lowest BCUT2D eigenvalue weighted by molar-refractivity contribution is -0.132. The van der Waals surface area contributed by atoms with Gasteiger partial charge in [-0.25, -0.2) is 4.79 Å². The summed E-state index contributed by atoms with van der Waals surface area (Å²) >= 11 is 0. The summed E-state index contributed by atoms with van der Waals surface area (Å²) in [5.74, 6) is -0.758. The van der Waals surface area contributed by atoms with Crippen LogP contribution in [0.3, 0.4) is 0 Å². The van der Waals surface area contributed by atoms with Crippen molar-refractivity contribution < 1.29 is 14.7 Å². The summed E-state index contributed by atoms with van der Waals surface area (Å²) in [6, 6.07) is 15.0. The van der Waals surface area contributed by atoms with E-state index in [2.05, 4.69) is 35.4 Å². The van der Waals surface area contributed by atoms with Crippen molar-refractivity contribution in [3.8, 4) is 0 Å². The van der Waals surface area contributed by atoms with E-state index in [9.17, 15) is 9.59 Å². The summed E-state index contributed by atoms with van der Waals surface area (Å²) in [5, 5.41) is 15.7. The number of benzene rings is 2. The number of amides is 1. The molecule has 4 rings (SSSR count). The Balaban J connectivity index is 1.24. The van der Waals surface area contributed by atoms with Crippen molar-refractivity contribution in [2.24, 2.45) is 0 Å². The van der Waals surface area contributed by atoms with E-state index in [4.69, 9.17) is 5.11 Å². The number of aromatic carboxylic acids is 1. The zero-order chi connectivity index (χ0) is 20.2. The van der Waals surface area contributed by atoms with Gasteiger partial charge in [0.25, 0.3) is 0 Å². The molecule has 6 heteroatoms. The third-order valence-corrected chi connectivity index (χ3v) is 5.71. The Hall–Kier alpha value is -3.15. The fourth-order valence-electron chi connectivity index (χ4n) is 4.02. The van der Waals surface area contributed by atoms with E-state index in [-0.39, 0.29) is 17.5 Å². The van der Waals surface area contributed by atoms with Gasteiger partial charge in [0, 0.05) is 25.7 Å². The molecular weight excluding hydrogens is 366 g/mol. The van der Waals surface area contributed by atoms with Crippen LogP contribution in [0.4, 0.5) is 0 Å². The first-order valence-corrected chi connectivity index (χ1v) is 10.1. The first kappa shape index (κ1) is 19.2. The summed E-state index contributed by atoms with van der Waals surface area (Å²) in [7, 11) is 0. The van der Waals surface area contributed by atoms with Crippen LogP contribution in [0.1, 0.15) is 47.6 Å². The van der Waals surface area contributed by atoms with Crippen LogP contribution in [0.25, 0.3) is 10.8 Å². The number of hydrogen-bond donors (Lipinski definition) is 1. The third kappa shape index (κ3) is 4.47. The van der Waals surface area contributed by atoms with Crippen LogP contribution in [0, 0.1) is 0 Å². The van der Waals surface area contributed by atoms with Gasteiger partial charge in [0.1, 0.15) is 0 Å². The summed E-state index contributed by atoms with van der Waals surface area (Å²) in [4.78, 5) is 25.5. The average Bonchev–Trinajstić information content (AvgIpc) is 3.24. The Morgan fingerprint density at radius 1 is 1.07 bits per heavy atom. The van der Waals surface area contributed by atoms with E-state index in [1.807, 2.05) is 17.0 Å². The minimum absolute atomic E-state index is 0.157. The maximum atomic E-state index is 12.6. The van der Waals surface area contributed by atoms with Crippen LogP contribution in [0.5, 0.6) is 0 Å². The number of carbonyl (C=O) groups is 2. The molecule has 0 saturated carbocycles. The van der Waals surface area contributed by atoms with Gasteiger partial charge in [-0.2, -0.15) is 5.10 Å². The molecule has 0 bridgehead atoms. The summed E-state index contributed by atoms with van der Waals surface area (Å²) in [6.45, 7) is 1.39. The fourth-order valence-corrected chi connectivity index (χ4v) is 4.02. The number of likely N-dealkylation sites (tertiary alicyclic amines) is 1. The standard InChI is InChI=1S/C23H25N3O3/c27-22(7-3-4-17-8-9-18-5-1-2-6-19(18)14-17)25-12-10-21(11-13-25)26-16-20(15-24-26)23(28)29/h1-2,5-6,8-9,14-16,21H,3-4,7,10-13H2,(H,28,29). The number of hydrogen-bond acceptors (Lipinski definition) is 3. The number of piperidine rings is 1. The topological polar surface area (TPSA) is 75.4 Å². The van der Waals surface area contributed by atoms with Crippen LogP contribution in [0.2, 0.25) is 0 Å². The zero-order valence-electron chi connectivity index (χ0n) is 16.3. The van der Waals surface area contributed by atoms with Crippen LogP contribution < -0.4 is 0 Å². The second-order valence-corrected chi connectivity index (χ2v) is 7.66. The SMILES string of the molecule is O=C(O)c1cnn(C2CCN(C(=O)CCCc3ccc4ccccc4c3)CC2)c1. The molecule has 1 N–H and O–H groups in total. The number of carboxylic acids is 1. The van der Waals surface area contributed by atoms with Crippen molar-refractivity contribution in [2.45, 2.75) is 38.1 Å². The van der Waals surface area contributed by atoms with Gasteiger partial charge in [0.15, 0.2) is 0 Å². The maximum Gasteiger partial charge on any atom is 0.338 e. The van der Waals surface area contributed by atoms with E-state index >= 15 is 0 Å². The molecular formula is C23H25N3O3. The van der Waals surface area contributed by atoms with E-state index in [1.54, 1.807) is 10.9 Å². The lowest BCUT2D eigenvalue weighted by atomic mass is 10.0. The Kier molecular flexibility index (Phi) is 5.60. The second kappa shape index (κ2) is 8.47. The number of aromatic nitrogens is 2. The van der Waals surface area contributed by atoms with Crippen molar-refractivity contribution in [3.63, 3.8) is 0 Å². The van der Waals surface area contributed by atoms with Gasteiger partial charge in [-0.05, 0) is 42.0 Å². The monoisotopic (exact) mass is 391 g/mol. The minimum Gasteiger partial charge on any atom is -0.478 e. The minimum atomic E-state index is -0.963. The van der Waals surface area contributed by atoms with Crippen LogP contribution >= 0.6 is 0 Å². The highest BCUT2D eigenvalue weighted by atomic mass is 16.4.